The van der Waals surface area contributed by atoms with E-state index in [9.17, 15) is 4.39 Å². The number of hydrogen-bond donors (Lipinski definition) is 1. The summed E-state index contributed by atoms with van der Waals surface area (Å²) < 4.78 is 18.8. The fourth-order valence-electron chi connectivity index (χ4n) is 1.17. The number of hydrogen-bond acceptors (Lipinski definition) is 3. The Morgan fingerprint density at radius 1 is 1.46 bits per heavy atom. The van der Waals surface area contributed by atoms with Crippen molar-refractivity contribution < 1.29 is 14.2 Å². The van der Waals surface area contributed by atoms with Crippen molar-refractivity contribution in [1.82, 2.24) is 0 Å². The largest absolute Gasteiger partial charge is 0.505 e. The van der Waals surface area contributed by atoms with Gasteiger partial charge in [0.15, 0.2) is 11.6 Å². The number of fused-ring (bicyclic) bond motifs is 1. The molecule has 1 N–H and O–H groups in total. The van der Waals surface area contributed by atoms with E-state index in [1.165, 1.54) is 30.6 Å². The molecule has 1 aromatic heterocycles. The SMILES string of the molecule is COc1csc2cc(O)c(F)cc12. The molecule has 0 saturated heterocycles. The number of phenolic OH excluding ortho intramolecular Hbond substituents is 1. The predicted molar refractivity (Wildman–Crippen MR) is 50.0 cm³/mol. The lowest BCUT2D eigenvalue weighted by atomic mass is 10.2. The molecule has 2 nitrogen and oxygen atoms in total. The minimum absolute atomic E-state index is 0.322. The molecule has 0 bridgehead atoms. The number of thiophene rings is 1. The van der Waals surface area contributed by atoms with Crippen molar-refractivity contribution in [3.8, 4) is 11.5 Å². The molecular formula is C9H7FO2S. The Balaban J connectivity index is 2.77. The molecule has 0 amide bonds. The molecule has 0 radical (unpaired) electrons. The molecule has 0 saturated carbocycles. The van der Waals surface area contributed by atoms with Crippen LogP contribution >= 0.6 is 11.3 Å². The van der Waals surface area contributed by atoms with Crippen LogP contribution in [-0.4, -0.2) is 12.2 Å². The molecule has 13 heavy (non-hydrogen) atoms. The van der Waals surface area contributed by atoms with Crippen LogP contribution in [0.15, 0.2) is 17.5 Å². The summed E-state index contributed by atoms with van der Waals surface area (Å²) in [5.41, 5.74) is 0. The van der Waals surface area contributed by atoms with E-state index in [-0.39, 0.29) is 5.75 Å². The second kappa shape index (κ2) is 2.88. The Labute approximate surface area is 78.2 Å². The highest BCUT2D eigenvalue weighted by molar-refractivity contribution is 7.17. The molecule has 4 heteroatoms. The molecule has 0 fully saturated rings. The first-order valence-electron chi connectivity index (χ1n) is 3.66. The van der Waals surface area contributed by atoms with Crippen LogP contribution in [0.4, 0.5) is 4.39 Å². The molecule has 0 aliphatic carbocycles. The molecule has 1 aromatic carbocycles. The van der Waals surface area contributed by atoms with Gasteiger partial charge in [-0.2, -0.15) is 0 Å². The number of methoxy groups -OCH3 is 1. The fraction of sp³-hybridized carbons (Fsp3) is 0.111. The van der Waals surface area contributed by atoms with Gasteiger partial charge in [0.25, 0.3) is 0 Å². The number of benzene rings is 1. The first-order valence-corrected chi connectivity index (χ1v) is 4.54. The van der Waals surface area contributed by atoms with Gasteiger partial charge in [0.1, 0.15) is 5.75 Å². The standard InChI is InChI=1S/C9H7FO2S/c1-12-8-4-13-9-3-7(11)6(10)2-5(8)9/h2-4,11H,1H3. The quantitative estimate of drug-likeness (QED) is 0.763. The summed E-state index contributed by atoms with van der Waals surface area (Å²) >= 11 is 1.41. The van der Waals surface area contributed by atoms with Gasteiger partial charge in [-0.3, -0.25) is 0 Å². The van der Waals surface area contributed by atoms with Crippen LogP contribution in [0.5, 0.6) is 11.5 Å². The van der Waals surface area contributed by atoms with Gasteiger partial charge in [0.2, 0.25) is 0 Å². The van der Waals surface area contributed by atoms with E-state index >= 15 is 0 Å². The second-order valence-electron chi connectivity index (χ2n) is 2.60. The third kappa shape index (κ3) is 1.23. The van der Waals surface area contributed by atoms with Crippen LogP contribution in [0.25, 0.3) is 10.1 Å². The van der Waals surface area contributed by atoms with E-state index in [1.54, 1.807) is 5.38 Å². The normalized spacial score (nSPS) is 10.6. The van der Waals surface area contributed by atoms with Gasteiger partial charge in [-0.15, -0.1) is 11.3 Å². The first kappa shape index (κ1) is 8.31. The molecule has 0 unspecified atom stereocenters. The maximum atomic E-state index is 12.9. The maximum Gasteiger partial charge on any atom is 0.165 e. The lowest BCUT2D eigenvalue weighted by Gasteiger charge is -1.98. The van der Waals surface area contributed by atoms with E-state index in [4.69, 9.17) is 9.84 Å². The van der Waals surface area contributed by atoms with E-state index in [1.807, 2.05) is 0 Å². The molecule has 0 aliphatic rings. The monoisotopic (exact) mass is 198 g/mol. The van der Waals surface area contributed by atoms with E-state index in [2.05, 4.69) is 0 Å². The summed E-state index contributed by atoms with van der Waals surface area (Å²) in [6.07, 6.45) is 0. The van der Waals surface area contributed by atoms with Gasteiger partial charge in [0.05, 0.1) is 7.11 Å². The van der Waals surface area contributed by atoms with E-state index in [0.29, 0.717) is 11.1 Å². The Morgan fingerprint density at radius 2 is 2.23 bits per heavy atom. The highest BCUT2D eigenvalue weighted by Crippen LogP contribution is 2.35. The van der Waals surface area contributed by atoms with Gasteiger partial charge in [-0.25, -0.2) is 4.39 Å². The summed E-state index contributed by atoms with van der Waals surface area (Å²) in [6.45, 7) is 0. The van der Waals surface area contributed by atoms with Crippen molar-refractivity contribution in [2.45, 2.75) is 0 Å². The van der Waals surface area contributed by atoms with Crippen molar-refractivity contribution in [2.24, 2.45) is 0 Å². The van der Waals surface area contributed by atoms with Crippen LogP contribution in [0.1, 0.15) is 0 Å². The van der Waals surface area contributed by atoms with Gasteiger partial charge in [-0.1, -0.05) is 0 Å². The average Bonchev–Trinajstić information content (AvgIpc) is 2.48. The highest BCUT2D eigenvalue weighted by atomic mass is 32.1. The summed E-state index contributed by atoms with van der Waals surface area (Å²) in [7, 11) is 1.53. The third-order valence-corrected chi connectivity index (χ3v) is 2.75. The molecular weight excluding hydrogens is 191 g/mol. The summed E-state index contributed by atoms with van der Waals surface area (Å²) in [6, 6.07) is 2.68. The fourth-order valence-corrected chi connectivity index (χ4v) is 2.09. The van der Waals surface area contributed by atoms with Crippen LogP contribution in [0.3, 0.4) is 0 Å². The van der Waals surface area contributed by atoms with E-state index in [0.717, 1.165) is 4.70 Å². The minimum atomic E-state index is -0.621. The zero-order chi connectivity index (χ0) is 9.42. The van der Waals surface area contributed by atoms with Crippen LogP contribution in [0.2, 0.25) is 0 Å². The Kier molecular flexibility index (Phi) is 1.84. The molecule has 0 atom stereocenters. The Morgan fingerprint density at radius 3 is 2.92 bits per heavy atom. The molecule has 0 aliphatic heterocycles. The molecule has 68 valence electrons. The van der Waals surface area contributed by atoms with Crippen molar-refractivity contribution >= 4 is 21.4 Å². The number of rotatable bonds is 1. The molecule has 1 heterocycles. The van der Waals surface area contributed by atoms with E-state index < -0.39 is 5.82 Å². The van der Waals surface area contributed by atoms with Gasteiger partial charge in [-0.05, 0) is 6.07 Å². The van der Waals surface area contributed by atoms with Gasteiger partial charge < -0.3 is 9.84 Å². The maximum absolute atomic E-state index is 12.9. The average molecular weight is 198 g/mol. The summed E-state index contributed by atoms with van der Waals surface area (Å²) in [5.74, 6) is -0.305. The zero-order valence-corrected chi connectivity index (χ0v) is 7.69. The van der Waals surface area contributed by atoms with Crippen LogP contribution in [-0.2, 0) is 0 Å². The lowest BCUT2D eigenvalue weighted by molar-refractivity contribution is 0.420. The van der Waals surface area contributed by atoms with Crippen LogP contribution < -0.4 is 4.74 Å². The molecule has 2 rings (SSSR count). The first-order chi connectivity index (χ1) is 6.22. The van der Waals surface area contributed by atoms with Crippen molar-refractivity contribution in [1.29, 1.82) is 0 Å². The summed E-state index contributed by atoms with van der Waals surface area (Å²) in [5, 5.41) is 11.6. The molecule has 2 aromatic rings. The zero-order valence-electron chi connectivity index (χ0n) is 6.87. The Bertz CT molecular complexity index is 450. The number of ether oxygens (including phenoxy) is 1. The predicted octanol–water partition coefficient (Wildman–Crippen LogP) is 2.75. The highest BCUT2D eigenvalue weighted by Gasteiger charge is 2.08. The number of phenols is 1. The second-order valence-corrected chi connectivity index (χ2v) is 3.52. The third-order valence-electron chi connectivity index (χ3n) is 1.83. The molecule has 0 spiro atoms. The van der Waals surface area contributed by atoms with Crippen molar-refractivity contribution in [2.75, 3.05) is 7.11 Å². The van der Waals surface area contributed by atoms with Gasteiger partial charge >= 0.3 is 0 Å². The van der Waals surface area contributed by atoms with Crippen LogP contribution in [0, 0.1) is 5.82 Å². The van der Waals surface area contributed by atoms with Crippen molar-refractivity contribution in [3.63, 3.8) is 0 Å². The topological polar surface area (TPSA) is 29.5 Å². The summed E-state index contributed by atoms with van der Waals surface area (Å²) in [4.78, 5) is 0. The smallest absolute Gasteiger partial charge is 0.165 e. The number of aromatic hydroxyl groups is 1. The van der Waals surface area contributed by atoms with Gasteiger partial charge in [0, 0.05) is 21.5 Å². The number of halogens is 1. The lowest BCUT2D eigenvalue weighted by Crippen LogP contribution is -1.80. The van der Waals surface area contributed by atoms with Crippen molar-refractivity contribution in [3.05, 3.63) is 23.3 Å². The minimum Gasteiger partial charge on any atom is -0.505 e. The Hall–Kier alpha value is -1.29.